The average molecular weight is 296 g/mol. The smallest absolute Gasteiger partial charge is 0.139 e. The molecule has 20 heavy (non-hydrogen) atoms. The minimum atomic E-state index is -1.01. The fourth-order valence-corrected chi connectivity index (χ4v) is 3.67. The Balaban J connectivity index is 2.77. The molecule has 0 fully saturated rings. The summed E-state index contributed by atoms with van der Waals surface area (Å²) in [6.07, 6.45) is 5.13. The second-order valence-electron chi connectivity index (χ2n) is 6.07. The molecule has 0 saturated heterocycles. The third-order valence-corrected chi connectivity index (χ3v) is 5.82. The number of pyridine rings is 1. The van der Waals surface area contributed by atoms with Gasteiger partial charge in [0.25, 0.3) is 0 Å². The van der Waals surface area contributed by atoms with Crippen molar-refractivity contribution in [3.8, 4) is 0 Å². The van der Waals surface area contributed by atoms with Gasteiger partial charge in [0.2, 0.25) is 0 Å². The van der Waals surface area contributed by atoms with Gasteiger partial charge < -0.3 is 4.55 Å². The molecule has 1 aromatic heterocycles. The first-order valence-electron chi connectivity index (χ1n) is 7.37. The normalized spacial score (nSPS) is 15.4. The molecule has 0 saturated carbocycles. The second kappa shape index (κ2) is 7.43. The highest BCUT2D eigenvalue weighted by molar-refractivity contribution is 7.90. The lowest BCUT2D eigenvalue weighted by molar-refractivity contribution is 0.372. The van der Waals surface area contributed by atoms with E-state index in [4.69, 9.17) is 0 Å². The maximum absolute atomic E-state index is 12.8. The minimum Gasteiger partial charge on any atom is -0.597 e. The van der Waals surface area contributed by atoms with Crippen LogP contribution in [0.1, 0.15) is 64.3 Å². The predicted molar refractivity (Wildman–Crippen MR) is 86.9 cm³/mol. The molecule has 0 aliphatic heterocycles. The zero-order chi connectivity index (χ0) is 15.3. The molecule has 1 aromatic rings. The fourth-order valence-electron chi connectivity index (χ4n) is 2.16. The van der Waals surface area contributed by atoms with E-state index < -0.39 is 11.4 Å². The zero-order valence-electron chi connectivity index (χ0n) is 13.6. The van der Waals surface area contributed by atoms with Crippen LogP contribution in [0.3, 0.4) is 0 Å². The molecule has 0 amide bonds. The van der Waals surface area contributed by atoms with Gasteiger partial charge in [0, 0.05) is 30.3 Å². The van der Waals surface area contributed by atoms with Crippen LogP contribution in [0.4, 0.5) is 0 Å². The van der Waals surface area contributed by atoms with Crippen LogP contribution >= 0.6 is 0 Å². The monoisotopic (exact) mass is 296 g/mol. The van der Waals surface area contributed by atoms with Crippen molar-refractivity contribution in [2.75, 3.05) is 7.05 Å². The Morgan fingerprint density at radius 1 is 1.40 bits per heavy atom. The highest BCUT2D eigenvalue weighted by atomic mass is 32.2. The Morgan fingerprint density at radius 3 is 2.55 bits per heavy atom. The van der Waals surface area contributed by atoms with E-state index in [1.165, 1.54) is 0 Å². The van der Waals surface area contributed by atoms with Gasteiger partial charge >= 0.3 is 0 Å². The summed E-state index contributed by atoms with van der Waals surface area (Å²) in [5, 5.41) is 0. The van der Waals surface area contributed by atoms with E-state index in [1.54, 1.807) is 0 Å². The number of aryl methyl sites for hydroxylation is 1. The molecule has 1 rings (SSSR count). The van der Waals surface area contributed by atoms with E-state index >= 15 is 0 Å². The van der Waals surface area contributed by atoms with Crippen LogP contribution in [0.5, 0.6) is 0 Å². The largest absolute Gasteiger partial charge is 0.597 e. The lowest BCUT2D eigenvalue weighted by atomic mass is 10.1. The molecule has 1 heterocycles. The van der Waals surface area contributed by atoms with Crippen LogP contribution in [0.15, 0.2) is 18.3 Å². The van der Waals surface area contributed by atoms with E-state index in [2.05, 4.69) is 38.7 Å². The van der Waals surface area contributed by atoms with Gasteiger partial charge in [0.1, 0.15) is 4.75 Å². The van der Waals surface area contributed by atoms with Gasteiger partial charge in [-0.3, -0.25) is 4.98 Å². The van der Waals surface area contributed by atoms with Crippen molar-refractivity contribution in [3.05, 3.63) is 29.6 Å². The van der Waals surface area contributed by atoms with Crippen molar-refractivity contribution in [1.82, 2.24) is 9.29 Å². The lowest BCUT2D eigenvalue weighted by Crippen LogP contribution is -2.43. The first-order valence-corrected chi connectivity index (χ1v) is 8.47. The van der Waals surface area contributed by atoms with Crippen LogP contribution in [0.25, 0.3) is 0 Å². The Hall–Kier alpha value is -0.580. The van der Waals surface area contributed by atoms with Gasteiger partial charge in [0.15, 0.2) is 0 Å². The van der Waals surface area contributed by atoms with Gasteiger partial charge in [0.05, 0.1) is 6.04 Å². The zero-order valence-corrected chi connectivity index (χ0v) is 14.5. The molecule has 1 unspecified atom stereocenters. The van der Waals surface area contributed by atoms with Crippen molar-refractivity contribution in [3.63, 3.8) is 0 Å². The molecule has 0 radical (unpaired) electrons. The van der Waals surface area contributed by atoms with E-state index in [0.717, 1.165) is 30.5 Å². The SMILES string of the molecule is CCCCC(C)(C)[S+]([O-])N(C)[C@@H](C)c1ccc(C)nc1. The fraction of sp³-hybridized carbons (Fsp3) is 0.688. The Labute approximate surface area is 127 Å². The molecular weight excluding hydrogens is 268 g/mol. The first-order chi connectivity index (χ1) is 9.29. The van der Waals surface area contributed by atoms with Gasteiger partial charge in [-0.15, -0.1) is 4.31 Å². The van der Waals surface area contributed by atoms with Crippen LogP contribution in [-0.4, -0.2) is 25.6 Å². The Morgan fingerprint density at radius 2 is 2.05 bits per heavy atom. The topological polar surface area (TPSA) is 39.2 Å². The summed E-state index contributed by atoms with van der Waals surface area (Å²) in [4.78, 5) is 4.33. The lowest BCUT2D eigenvalue weighted by Gasteiger charge is -2.35. The molecule has 0 aromatic carbocycles. The second-order valence-corrected chi connectivity index (χ2v) is 8.25. The van der Waals surface area contributed by atoms with Crippen molar-refractivity contribution in [2.45, 2.75) is 64.7 Å². The molecule has 3 nitrogen and oxygen atoms in total. The molecule has 0 bridgehead atoms. The van der Waals surface area contributed by atoms with Crippen molar-refractivity contribution < 1.29 is 4.55 Å². The van der Waals surface area contributed by atoms with Gasteiger partial charge in [-0.25, -0.2) is 0 Å². The summed E-state index contributed by atoms with van der Waals surface area (Å²) in [5.74, 6) is 0. The Kier molecular flexibility index (Phi) is 6.49. The van der Waals surface area contributed by atoms with E-state index in [0.29, 0.717) is 0 Å². The first kappa shape index (κ1) is 17.5. The maximum Gasteiger partial charge on any atom is 0.139 e. The van der Waals surface area contributed by atoms with Crippen LogP contribution in [-0.2, 0) is 11.4 Å². The van der Waals surface area contributed by atoms with E-state index in [-0.39, 0.29) is 10.8 Å². The van der Waals surface area contributed by atoms with Gasteiger partial charge in [-0.1, -0.05) is 19.4 Å². The summed E-state index contributed by atoms with van der Waals surface area (Å²) in [7, 11) is 1.94. The summed E-state index contributed by atoms with van der Waals surface area (Å²) in [5.41, 5.74) is 2.12. The maximum atomic E-state index is 12.8. The Bertz CT molecular complexity index is 405. The quantitative estimate of drug-likeness (QED) is 0.714. The third-order valence-electron chi connectivity index (χ3n) is 3.83. The van der Waals surface area contributed by atoms with Gasteiger partial charge in [-0.2, -0.15) is 0 Å². The molecule has 0 spiro atoms. The summed E-state index contributed by atoms with van der Waals surface area (Å²) < 4.78 is 14.5. The van der Waals surface area contributed by atoms with E-state index in [1.807, 2.05) is 30.5 Å². The molecular formula is C16H28N2OS. The number of hydrogen-bond acceptors (Lipinski definition) is 3. The number of aromatic nitrogens is 1. The number of rotatable bonds is 7. The van der Waals surface area contributed by atoms with Crippen LogP contribution in [0.2, 0.25) is 0 Å². The standard InChI is InChI=1S/C16H28N2OS/c1-7-8-11-16(4,5)20(19)18(6)14(3)15-10-9-13(2)17-12-15/h9-10,12,14H,7-8,11H2,1-6H3/t14-,20?/m0/s1. The molecule has 0 N–H and O–H groups in total. The minimum absolute atomic E-state index is 0.102. The summed E-state index contributed by atoms with van der Waals surface area (Å²) >= 11 is -1.01. The predicted octanol–water partition coefficient (Wildman–Crippen LogP) is 4.02. The van der Waals surface area contributed by atoms with E-state index in [9.17, 15) is 4.55 Å². The van der Waals surface area contributed by atoms with Crippen molar-refractivity contribution in [2.24, 2.45) is 0 Å². The third kappa shape index (κ3) is 4.47. The van der Waals surface area contributed by atoms with Crippen LogP contribution < -0.4 is 0 Å². The van der Waals surface area contributed by atoms with Crippen molar-refractivity contribution >= 4 is 11.4 Å². The molecule has 0 aliphatic carbocycles. The average Bonchev–Trinajstić information content (AvgIpc) is 2.43. The van der Waals surface area contributed by atoms with Crippen LogP contribution in [0, 0.1) is 6.92 Å². The number of nitrogens with zero attached hydrogens (tertiary/aromatic N) is 2. The highest BCUT2D eigenvalue weighted by Gasteiger charge is 2.37. The number of unbranched alkanes of at least 4 members (excludes halogenated alkanes) is 1. The number of hydrogen-bond donors (Lipinski definition) is 0. The molecule has 4 heteroatoms. The molecule has 114 valence electrons. The molecule has 2 atom stereocenters. The highest BCUT2D eigenvalue weighted by Crippen LogP contribution is 2.31. The van der Waals surface area contributed by atoms with Gasteiger partial charge in [-0.05, 0) is 52.2 Å². The summed E-state index contributed by atoms with van der Waals surface area (Å²) in [6, 6.07) is 4.18. The summed E-state index contributed by atoms with van der Waals surface area (Å²) in [6.45, 7) is 10.4. The van der Waals surface area contributed by atoms with Crippen molar-refractivity contribution in [1.29, 1.82) is 0 Å². The molecule has 0 aliphatic rings.